The van der Waals surface area contributed by atoms with E-state index < -0.39 is 17.9 Å². The van der Waals surface area contributed by atoms with Crippen molar-refractivity contribution in [3.8, 4) is 0 Å². The van der Waals surface area contributed by atoms with Crippen LogP contribution in [0.5, 0.6) is 0 Å². The van der Waals surface area contributed by atoms with E-state index in [0.29, 0.717) is 24.0 Å². The minimum Gasteiger partial charge on any atom is -0.454 e. The van der Waals surface area contributed by atoms with Gasteiger partial charge in [0, 0.05) is 18.1 Å². The van der Waals surface area contributed by atoms with Crippen LogP contribution in [-0.4, -0.2) is 48.4 Å². The summed E-state index contributed by atoms with van der Waals surface area (Å²) in [4.78, 5) is 39.3. The van der Waals surface area contributed by atoms with Gasteiger partial charge in [0.05, 0.1) is 10.6 Å². The Morgan fingerprint density at radius 2 is 1.93 bits per heavy atom. The van der Waals surface area contributed by atoms with Gasteiger partial charge in [-0.1, -0.05) is 44.0 Å². The summed E-state index contributed by atoms with van der Waals surface area (Å²) in [5, 5.41) is 3.25. The van der Waals surface area contributed by atoms with E-state index in [1.807, 2.05) is 6.92 Å². The molecule has 1 aliphatic carbocycles. The summed E-state index contributed by atoms with van der Waals surface area (Å²) in [6.07, 6.45) is 3.13. The predicted molar refractivity (Wildman–Crippen MR) is 113 cm³/mol. The molecule has 6 nitrogen and oxygen atoms in total. The second-order valence-corrected chi connectivity index (χ2v) is 8.55. The number of carbonyl (C=O) groups is 3. The number of nitrogens with one attached hydrogen (secondary N) is 1. The minimum absolute atomic E-state index is 0.191. The Bertz CT molecular complexity index is 750. The summed E-state index contributed by atoms with van der Waals surface area (Å²) in [7, 11) is 0. The van der Waals surface area contributed by atoms with Crippen molar-refractivity contribution < 1.29 is 19.1 Å². The number of halogens is 2. The highest BCUT2D eigenvalue weighted by molar-refractivity contribution is 6.36. The third-order valence-electron chi connectivity index (χ3n) is 4.74. The van der Waals surface area contributed by atoms with Crippen LogP contribution in [0, 0.1) is 11.8 Å². The Morgan fingerprint density at radius 3 is 2.48 bits per heavy atom. The van der Waals surface area contributed by atoms with Crippen LogP contribution in [0.3, 0.4) is 0 Å². The molecule has 2 rings (SSSR count). The number of rotatable bonds is 10. The maximum absolute atomic E-state index is 12.5. The normalized spacial score (nSPS) is 14.4. The summed E-state index contributed by atoms with van der Waals surface area (Å²) in [6, 6.07) is 3.60. The van der Waals surface area contributed by atoms with Crippen molar-refractivity contribution in [2.75, 3.05) is 19.7 Å². The van der Waals surface area contributed by atoms with E-state index in [1.54, 1.807) is 24.8 Å². The van der Waals surface area contributed by atoms with Crippen LogP contribution in [0.1, 0.15) is 50.4 Å². The van der Waals surface area contributed by atoms with Gasteiger partial charge >= 0.3 is 5.97 Å². The zero-order valence-electron chi connectivity index (χ0n) is 17.0. The molecule has 0 saturated heterocycles. The maximum atomic E-state index is 12.5. The smallest absolute Gasteiger partial charge is 0.329 e. The standard InChI is InChI=1S/C21H28Cl2N2O4/c1-4-9-25(11-14-5-6-14)18(26)12-29-21(28)19(13(2)3)24-20(27)16-8-7-15(22)10-17(16)23/h7-8,10,13-14,19H,4-6,9,11-12H2,1-3H3,(H,24,27). The zero-order chi connectivity index (χ0) is 21.6. The van der Waals surface area contributed by atoms with Crippen LogP contribution in [0.15, 0.2) is 18.2 Å². The molecule has 0 heterocycles. The number of nitrogens with zero attached hydrogens (tertiary/aromatic N) is 1. The van der Waals surface area contributed by atoms with E-state index >= 15 is 0 Å². The SMILES string of the molecule is CCCN(CC1CC1)C(=O)COC(=O)C(NC(=O)c1ccc(Cl)cc1Cl)C(C)C. The number of esters is 1. The van der Waals surface area contributed by atoms with Gasteiger partial charge in [-0.3, -0.25) is 9.59 Å². The maximum Gasteiger partial charge on any atom is 0.329 e. The van der Waals surface area contributed by atoms with Gasteiger partial charge in [0.15, 0.2) is 6.61 Å². The summed E-state index contributed by atoms with van der Waals surface area (Å²) < 4.78 is 5.24. The molecule has 1 saturated carbocycles. The van der Waals surface area contributed by atoms with Gasteiger partial charge < -0.3 is 15.0 Å². The molecule has 0 aliphatic heterocycles. The first-order valence-corrected chi connectivity index (χ1v) is 10.7. The van der Waals surface area contributed by atoms with E-state index in [2.05, 4.69) is 5.32 Å². The number of benzene rings is 1. The highest BCUT2D eigenvalue weighted by atomic mass is 35.5. The van der Waals surface area contributed by atoms with Crippen molar-refractivity contribution in [1.82, 2.24) is 10.2 Å². The molecule has 1 aliphatic rings. The number of hydrogen-bond acceptors (Lipinski definition) is 4. The van der Waals surface area contributed by atoms with Gasteiger partial charge in [-0.05, 0) is 49.3 Å². The number of hydrogen-bond donors (Lipinski definition) is 1. The van der Waals surface area contributed by atoms with Crippen LogP contribution in [-0.2, 0) is 14.3 Å². The lowest BCUT2D eigenvalue weighted by Crippen LogP contribution is -2.46. The van der Waals surface area contributed by atoms with Gasteiger partial charge in [0.1, 0.15) is 6.04 Å². The summed E-state index contributed by atoms with van der Waals surface area (Å²) in [5.41, 5.74) is 0.212. The van der Waals surface area contributed by atoms with Crippen molar-refractivity contribution in [2.24, 2.45) is 11.8 Å². The first kappa shape index (κ1) is 23.5. The Balaban J connectivity index is 1.95. The molecule has 2 amide bonds. The number of ether oxygens (including phenoxy) is 1. The topological polar surface area (TPSA) is 75.7 Å². The van der Waals surface area contributed by atoms with Gasteiger partial charge in [0.2, 0.25) is 0 Å². The van der Waals surface area contributed by atoms with Crippen molar-refractivity contribution in [2.45, 2.75) is 46.1 Å². The molecule has 0 radical (unpaired) electrons. The third-order valence-corrected chi connectivity index (χ3v) is 5.29. The Kier molecular flexibility index (Phi) is 8.78. The molecule has 1 fully saturated rings. The molecule has 1 aromatic rings. The van der Waals surface area contributed by atoms with Crippen LogP contribution in [0.25, 0.3) is 0 Å². The van der Waals surface area contributed by atoms with Crippen molar-refractivity contribution in [1.29, 1.82) is 0 Å². The lowest BCUT2D eigenvalue weighted by molar-refractivity contribution is -0.154. The number of amides is 2. The fraction of sp³-hybridized carbons (Fsp3) is 0.571. The Labute approximate surface area is 181 Å². The van der Waals surface area contributed by atoms with E-state index in [0.717, 1.165) is 19.3 Å². The van der Waals surface area contributed by atoms with Crippen molar-refractivity contribution >= 4 is 41.0 Å². The predicted octanol–water partition coefficient (Wildman–Crippen LogP) is 3.94. The lowest BCUT2D eigenvalue weighted by Gasteiger charge is -2.24. The van der Waals surface area contributed by atoms with Crippen molar-refractivity contribution in [3.05, 3.63) is 33.8 Å². The summed E-state index contributed by atoms with van der Waals surface area (Å²) >= 11 is 11.9. The molecule has 8 heteroatoms. The van der Waals surface area contributed by atoms with Gasteiger partial charge in [-0.15, -0.1) is 0 Å². The second kappa shape index (κ2) is 10.8. The largest absolute Gasteiger partial charge is 0.454 e. The zero-order valence-corrected chi connectivity index (χ0v) is 18.6. The fourth-order valence-electron chi connectivity index (χ4n) is 2.90. The Hall–Kier alpha value is -1.79. The van der Waals surface area contributed by atoms with Gasteiger partial charge in [0.25, 0.3) is 11.8 Å². The molecule has 0 spiro atoms. The molecular weight excluding hydrogens is 415 g/mol. The molecule has 0 aromatic heterocycles. The first-order chi connectivity index (χ1) is 13.7. The van der Waals surface area contributed by atoms with Gasteiger partial charge in [-0.2, -0.15) is 0 Å². The average molecular weight is 443 g/mol. The van der Waals surface area contributed by atoms with Crippen LogP contribution >= 0.6 is 23.2 Å². The average Bonchev–Trinajstić information content (AvgIpc) is 3.47. The molecule has 1 unspecified atom stereocenters. The Morgan fingerprint density at radius 1 is 1.24 bits per heavy atom. The minimum atomic E-state index is -0.898. The monoisotopic (exact) mass is 442 g/mol. The lowest BCUT2D eigenvalue weighted by atomic mass is 10.0. The van der Waals surface area contributed by atoms with E-state index in [1.165, 1.54) is 12.1 Å². The fourth-order valence-corrected chi connectivity index (χ4v) is 3.40. The summed E-state index contributed by atoms with van der Waals surface area (Å²) in [6.45, 7) is 6.61. The molecular formula is C21H28Cl2N2O4. The second-order valence-electron chi connectivity index (χ2n) is 7.71. The molecule has 1 aromatic carbocycles. The molecule has 1 atom stereocenters. The third kappa shape index (κ3) is 7.19. The molecule has 0 bridgehead atoms. The molecule has 160 valence electrons. The van der Waals surface area contributed by atoms with Crippen LogP contribution in [0.2, 0.25) is 10.0 Å². The highest BCUT2D eigenvalue weighted by Gasteiger charge is 2.30. The number of carbonyl (C=O) groups excluding carboxylic acids is 3. The van der Waals surface area contributed by atoms with E-state index in [4.69, 9.17) is 27.9 Å². The quantitative estimate of drug-likeness (QED) is 0.556. The molecule has 1 N–H and O–H groups in total. The van der Waals surface area contributed by atoms with E-state index in [-0.39, 0.29) is 29.0 Å². The molecule has 29 heavy (non-hydrogen) atoms. The van der Waals surface area contributed by atoms with Crippen LogP contribution < -0.4 is 5.32 Å². The first-order valence-electron chi connectivity index (χ1n) is 9.93. The van der Waals surface area contributed by atoms with Gasteiger partial charge in [-0.25, -0.2) is 4.79 Å². The van der Waals surface area contributed by atoms with E-state index in [9.17, 15) is 14.4 Å². The summed E-state index contributed by atoms with van der Waals surface area (Å²) in [5.74, 6) is -1.02. The highest BCUT2D eigenvalue weighted by Crippen LogP contribution is 2.29. The van der Waals surface area contributed by atoms with Crippen molar-refractivity contribution in [3.63, 3.8) is 0 Å². The van der Waals surface area contributed by atoms with Crippen LogP contribution in [0.4, 0.5) is 0 Å².